The summed E-state index contributed by atoms with van der Waals surface area (Å²) in [6.45, 7) is 4.42. The highest BCUT2D eigenvalue weighted by Gasteiger charge is 2.20. The number of carbonyl (C=O) groups is 1. The SMILES string of the molecule is CN(C)c1ccc(CN2CCCN(c3ncccc3C(=O)O)CC2)cc1. The smallest absolute Gasteiger partial charge is 0.339 e. The third-order valence-corrected chi connectivity index (χ3v) is 4.76. The quantitative estimate of drug-likeness (QED) is 0.890. The van der Waals surface area contributed by atoms with E-state index in [-0.39, 0.29) is 5.56 Å². The van der Waals surface area contributed by atoms with E-state index < -0.39 is 5.97 Å². The van der Waals surface area contributed by atoms with Crippen LogP contribution in [0.25, 0.3) is 0 Å². The summed E-state index contributed by atoms with van der Waals surface area (Å²) in [4.78, 5) is 22.4. The molecule has 6 heteroatoms. The molecular weight excluding hydrogens is 328 g/mol. The summed E-state index contributed by atoms with van der Waals surface area (Å²) in [7, 11) is 4.09. The first kappa shape index (κ1) is 18.2. The zero-order chi connectivity index (χ0) is 18.5. The average Bonchev–Trinajstić information content (AvgIpc) is 2.87. The summed E-state index contributed by atoms with van der Waals surface area (Å²) in [6, 6.07) is 12.0. The molecule has 6 nitrogen and oxygen atoms in total. The summed E-state index contributed by atoms with van der Waals surface area (Å²) in [5.74, 6) is -0.340. The summed E-state index contributed by atoms with van der Waals surface area (Å²) >= 11 is 0. The van der Waals surface area contributed by atoms with Crippen molar-refractivity contribution in [3.8, 4) is 0 Å². The molecule has 0 spiro atoms. The van der Waals surface area contributed by atoms with E-state index in [2.05, 4.69) is 43.9 Å². The predicted molar refractivity (Wildman–Crippen MR) is 104 cm³/mol. The number of hydrogen-bond acceptors (Lipinski definition) is 5. The van der Waals surface area contributed by atoms with Gasteiger partial charge >= 0.3 is 5.97 Å². The number of hydrogen-bond donors (Lipinski definition) is 1. The number of anilines is 2. The van der Waals surface area contributed by atoms with Gasteiger partial charge in [-0.25, -0.2) is 9.78 Å². The Kier molecular flexibility index (Phi) is 5.73. The second-order valence-corrected chi connectivity index (χ2v) is 6.86. The Morgan fingerprint density at radius 1 is 1.12 bits per heavy atom. The Morgan fingerprint density at radius 3 is 2.58 bits per heavy atom. The van der Waals surface area contributed by atoms with Crippen molar-refractivity contribution in [1.82, 2.24) is 9.88 Å². The minimum Gasteiger partial charge on any atom is -0.478 e. The lowest BCUT2D eigenvalue weighted by molar-refractivity contribution is 0.0697. The van der Waals surface area contributed by atoms with Crippen LogP contribution in [0.15, 0.2) is 42.6 Å². The Labute approximate surface area is 154 Å². The number of aromatic carboxylic acids is 1. The number of carboxylic acid groups (broad SMARTS) is 1. The fourth-order valence-corrected chi connectivity index (χ4v) is 3.31. The molecule has 0 aliphatic carbocycles. The number of pyridine rings is 1. The monoisotopic (exact) mass is 354 g/mol. The Morgan fingerprint density at radius 2 is 1.88 bits per heavy atom. The van der Waals surface area contributed by atoms with Gasteiger partial charge in [-0.3, -0.25) is 4.90 Å². The normalized spacial score (nSPS) is 15.5. The van der Waals surface area contributed by atoms with E-state index in [1.54, 1.807) is 18.3 Å². The van der Waals surface area contributed by atoms with Crippen LogP contribution in [0.2, 0.25) is 0 Å². The Balaban J connectivity index is 1.64. The number of aromatic nitrogens is 1. The molecule has 2 heterocycles. The van der Waals surface area contributed by atoms with Gasteiger partial charge in [-0.1, -0.05) is 12.1 Å². The van der Waals surface area contributed by atoms with Crippen LogP contribution in [0.3, 0.4) is 0 Å². The van der Waals surface area contributed by atoms with E-state index in [1.165, 1.54) is 11.3 Å². The predicted octanol–water partition coefficient (Wildman–Crippen LogP) is 2.56. The van der Waals surface area contributed by atoms with Crippen molar-refractivity contribution in [1.29, 1.82) is 0 Å². The van der Waals surface area contributed by atoms with E-state index in [0.29, 0.717) is 5.82 Å². The molecule has 1 aliphatic heterocycles. The van der Waals surface area contributed by atoms with E-state index in [1.807, 2.05) is 14.1 Å². The molecule has 0 amide bonds. The maximum Gasteiger partial charge on any atom is 0.339 e. The van der Waals surface area contributed by atoms with Crippen LogP contribution in [0, 0.1) is 0 Å². The Bertz CT molecular complexity index is 746. The lowest BCUT2D eigenvalue weighted by atomic mass is 10.2. The van der Waals surface area contributed by atoms with Gasteiger partial charge in [-0.2, -0.15) is 0 Å². The van der Waals surface area contributed by atoms with Gasteiger partial charge in [0.15, 0.2) is 0 Å². The van der Waals surface area contributed by atoms with Crippen LogP contribution in [-0.4, -0.2) is 61.2 Å². The maximum absolute atomic E-state index is 11.5. The van der Waals surface area contributed by atoms with Gasteiger partial charge in [-0.15, -0.1) is 0 Å². The molecule has 1 aromatic carbocycles. The van der Waals surface area contributed by atoms with Gasteiger partial charge in [0.25, 0.3) is 0 Å². The van der Waals surface area contributed by atoms with E-state index in [0.717, 1.165) is 39.1 Å². The molecular formula is C20H26N4O2. The zero-order valence-electron chi connectivity index (χ0n) is 15.4. The molecule has 26 heavy (non-hydrogen) atoms. The maximum atomic E-state index is 11.5. The topological polar surface area (TPSA) is 59.9 Å². The highest BCUT2D eigenvalue weighted by Crippen LogP contribution is 2.20. The fraction of sp³-hybridized carbons (Fsp3) is 0.400. The molecule has 0 unspecified atom stereocenters. The molecule has 0 radical (unpaired) electrons. The van der Waals surface area contributed by atoms with Crippen molar-refractivity contribution in [3.63, 3.8) is 0 Å². The van der Waals surface area contributed by atoms with Crippen molar-refractivity contribution in [3.05, 3.63) is 53.7 Å². The van der Waals surface area contributed by atoms with Gasteiger partial charge in [0.2, 0.25) is 0 Å². The van der Waals surface area contributed by atoms with E-state index in [9.17, 15) is 9.90 Å². The average molecular weight is 354 g/mol. The molecule has 1 fully saturated rings. The number of benzene rings is 1. The lowest BCUT2D eigenvalue weighted by Gasteiger charge is -2.24. The van der Waals surface area contributed by atoms with Crippen molar-refractivity contribution in [2.45, 2.75) is 13.0 Å². The molecule has 0 bridgehead atoms. The summed E-state index contributed by atoms with van der Waals surface area (Å²) < 4.78 is 0. The molecule has 0 atom stereocenters. The van der Waals surface area contributed by atoms with Gasteiger partial charge in [0, 0.05) is 58.7 Å². The van der Waals surface area contributed by atoms with Gasteiger partial charge < -0.3 is 14.9 Å². The first-order valence-corrected chi connectivity index (χ1v) is 8.96. The fourth-order valence-electron chi connectivity index (χ4n) is 3.31. The molecule has 1 N–H and O–H groups in total. The molecule has 2 aromatic rings. The largest absolute Gasteiger partial charge is 0.478 e. The summed E-state index contributed by atoms with van der Waals surface area (Å²) in [5, 5.41) is 9.39. The molecule has 3 rings (SSSR count). The molecule has 1 saturated heterocycles. The zero-order valence-corrected chi connectivity index (χ0v) is 15.4. The second-order valence-electron chi connectivity index (χ2n) is 6.86. The summed E-state index contributed by atoms with van der Waals surface area (Å²) in [6.07, 6.45) is 2.65. The van der Waals surface area contributed by atoms with Crippen molar-refractivity contribution in [2.75, 3.05) is 50.1 Å². The van der Waals surface area contributed by atoms with Crippen LogP contribution in [-0.2, 0) is 6.54 Å². The second kappa shape index (κ2) is 8.19. The van der Waals surface area contributed by atoms with Crippen LogP contribution in [0.1, 0.15) is 22.3 Å². The van der Waals surface area contributed by atoms with Crippen molar-refractivity contribution < 1.29 is 9.90 Å². The number of nitrogens with zero attached hydrogens (tertiary/aromatic N) is 4. The standard InChI is InChI=1S/C20H26N4O2/c1-22(2)17-8-6-16(7-9-17)15-23-11-4-12-24(14-13-23)19-18(20(25)26)5-3-10-21-19/h3,5-10H,4,11-15H2,1-2H3,(H,25,26). The molecule has 138 valence electrons. The van der Waals surface area contributed by atoms with E-state index >= 15 is 0 Å². The van der Waals surface area contributed by atoms with E-state index in [4.69, 9.17) is 0 Å². The van der Waals surface area contributed by atoms with Crippen molar-refractivity contribution in [2.24, 2.45) is 0 Å². The summed E-state index contributed by atoms with van der Waals surface area (Å²) in [5.41, 5.74) is 2.78. The third kappa shape index (κ3) is 4.32. The highest BCUT2D eigenvalue weighted by molar-refractivity contribution is 5.93. The first-order chi connectivity index (χ1) is 12.5. The number of rotatable bonds is 5. The lowest BCUT2D eigenvalue weighted by Crippen LogP contribution is -2.32. The van der Waals surface area contributed by atoms with Crippen LogP contribution in [0.5, 0.6) is 0 Å². The van der Waals surface area contributed by atoms with Gasteiger partial charge in [0.1, 0.15) is 11.4 Å². The van der Waals surface area contributed by atoms with Gasteiger partial charge in [-0.05, 0) is 36.2 Å². The third-order valence-electron chi connectivity index (χ3n) is 4.76. The minimum atomic E-state index is -0.921. The minimum absolute atomic E-state index is 0.278. The Hall–Kier alpha value is -2.60. The number of carboxylic acids is 1. The molecule has 1 aliphatic rings. The van der Waals surface area contributed by atoms with Crippen LogP contribution < -0.4 is 9.80 Å². The van der Waals surface area contributed by atoms with Gasteiger partial charge in [0.05, 0.1) is 0 Å². The van der Waals surface area contributed by atoms with Crippen LogP contribution >= 0.6 is 0 Å². The first-order valence-electron chi connectivity index (χ1n) is 8.96. The molecule has 1 aromatic heterocycles. The highest BCUT2D eigenvalue weighted by atomic mass is 16.4. The van der Waals surface area contributed by atoms with Crippen molar-refractivity contribution >= 4 is 17.5 Å². The molecule has 0 saturated carbocycles. The van der Waals surface area contributed by atoms with Crippen LogP contribution in [0.4, 0.5) is 11.5 Å².